The molecule has 0 amide bonds. The van der Waals surface area contributed by atoms with Crippen molar-refractivity contribution in [2.75, 3.05) is 0 Å². The Hall–Kier alpha value is -1.02. The predicted octanol–water partition coefficient (Wildman–Crippen LogP) is 4.83. The summed E-state index contributed by atoms with van der Waals surface area (Å²) in [4.78, 5) is 4.67. The van der Waals surface area contributed by atoms with E-state index in [1.807, 2.05) is 0 Å². The number of aromatic nitrogens is 2. The Labute approximate surface area is 114 Å². The van der Waals surface area contributed by atoms with Gasteiger partial charge in [-0.1, -0.05) is 32.4 Å². The van der Waals surface area contributed by atoms with Gasteiger partial charge in [0.15, 0.2) is 0 Å². The number of nitrogens with zero attached hydrogens (tertiary/aromatic N) is 2. The SMILES string of the molecule is CCCC(CC)n1c(CCl)nc2cccc(C)c21. The van der Waals surface area contributed by atoms with Crippen molar-refractivity contribution in [2.24, 2.45) is 0 Å². The molecule has 1 atom stereocenters. The molecule has 0 fully saturated rings. The van der Waals surface area contributed by atoms with Gasteiger partial charge in [0, 0.05) is 6.04 Å². The first-order valence-corrected chi connectivity index (χ1v) is 7.28. The molecular weight excluding hydrogens is 244 g/mol. The zero-order valence-corrected chi connectivity index (χ0v) is 12.2. The Bertz CT molecular complexity index is 531. The summed E-state index contributed by atoms with van der Waals surface area (Å²) in [5, 5.41) is 0. The van der Waals surface area contributed by atoms with E-state index in [0.717, 1.165) is 17.8 Å². The maximum Gasteiger partial charge on any atom is 0.125 e. The number of halogens is 1. The standard InChI is InChI=1S/C15H21ClN2/c1-4-7-12(5-2)18-14(10-16)17-13-9-6-8-11(3)15(13)18/h6,8-9,12H,4-5,7,10H2,1-3H3. The molecule has 2 aromatic rings. The van der Waals surface area contributed by atoms with Crippen LogP contribution in [-0.4, -0.2) is 9.55 Å². The molecule has 1 aromatic carbocycles. The first kappa shape index (κ1) is 13.4. The van der Waals surface area contributed by atoms with Gasteiger partial charge < -0.3 is 4.57 Å². The van der Waals surface area contributed by atoms with Crippen molar-refractivity contribution in [1.82, 2.24) is 9.55 Å². The van der Waals surface area contributed by atoms with Crippen molar-refractivity contribution >= 4 is 22.6 Å². The van der Waals surface area contributed by atoms with Crippen LogP contribution in [0.1, 0.15) is 50.5 Å². The van der Waals surface area contributed by atoms with Crippen LogP contribution in [0.25, 0.3) is 11.0 Å². The van der Waals surface area contributed by atoms with E-state index < -0.39 is 0 Å². The van der Waals surface area contributed by atoms with Crippen LogP contribution in [0.5, 0.6) is 0 Å². The Kier molecular flexibility index (Phi) is 4.28. The summed E-state index contributed by atoms with van der Waals surface area (Å²) < 4.78 is 2.36. The number of hydrogen-bond donors (Lipinski definition) is 0. The van der Waals surface area contributed by atoms with Crippen LogP contribution in [0, 0.1) is 6.92 Å². The van der Waals surface area contributed by atoms with Crippen molar-refractivity contribution < 1.29 is 0 Å². The van der Waals surface area contributed by atoms with Crippen molar-refractivity contribution in [3.05, 3.63) is 29.6 Å². The Morgan fingerprint density at radius 3 is 2.72 bits per heavy atom. The van der Waals surface area contributed by atoms with Crippen LogP contribution < -0.4 is 0 Å². The molecule has 1 unspecified atom stereocenters. The molecule has 0 aliphatic carbocycles. The lowest BCUT2D eigenvalue weighted by Crippen LogP contribution is -2.11. The van der Waals surface area contributed by atoms with E-state index >= 15 is 0 Å². The topological polar surface area (TPSA) is 17.8 Å². The lowest BCUT2D eigenvalue weighted by molar-refractivity contribution is 0.448. The van der Waals surface area contributed by atoms with Crippen molar-refractivity contribution in [1.29, 1.82) is 0 Å². The fraction of sp³-hybridized carbons (Fsp3) is 0.533. The second-order valence-corrected chi connectivity index (χ2v) is 5.09. The summed E-state index contributed by atoms with van der Waals surface area (Å²) in [5.74, 6) is 1.48. The van der Waals surface area contributed by atoms with Crippen molar-refractivity contribution in [3.63, 3.8) is 0 Å². The first-order chi connectivity index (χ1) is 8.72. The maximum absolute atomic E-state index is 6.07. The zero-order chi connectivity index (χ0) is 13.1. The molecule has 3 heteroatoms. The number of aryl methyl sites for hydroxylation is 1. The highest BCUT2D eigenvalue weighted by molar-refractivity contribution is 6.16. The molecule has 1 aromatic heterocycles. The Balaban J connectivity index is 2.65. The molecule has 0 spiro atoms. The maximum atomic E-state index is 6.07. The first-order valence-electron chi connectivity index (χ1n) is 6.75. The minimum Gasteiger partial charge on any atom is -0.324 e. The second kappa shape index (κ2) is 5.75. The summed E-state index contributed by atoms with van der Waals surface area (Å²) in [7, 11) is 0. The van der Waals surface area contributed by atoms with Gasteiger partial charge >= 0.3 is 0 Å². The van der Waals surface area contributed by atoms with Gasteiger partial charge in [0.2, 0.25) is 0 Å². The fourth-order valence-electron chi connectivity index (χ4n) is 2.71. The van der Waals surface area contributed by atoms with E-state index in [1.165, 1.54) is 23.9 Å². The molecule has 2 rings (SSSR count). The van der Waals surface area contributed by atoms with Crippen molar-refractivity contribution in [3.8, 4) is 0 Å². The van der Waals surface area contributed by atoms with Gasteiger partial charge in [-0.2, -0.15) is 0 Å². The molecule has 1 heterocycles. The van der Waals surface area contributed by atoms with Gasteiger partial charge in [0.1, 0.15) is 5.82 Å². The summed E-state index contributed by atoms with van der Waals surface area (Å²) in [6.45, 7) is 6.62. The number of hydrogen-bond acceptors (Lipinski definition) is 1. The third kappa shape index (κ3) is 2.26. The summed E-state index contributed by atoms with van der Waals surface area (Å²) in [6, 6.07) is 6.80. The zero-order valence-electron chi connectivity index (χ0n) is 11.4. The third-order valence-electron chi connectivity index (χ3n) is 3.56. The van der Waals surface area contributed by atoms with E-state index in [-0.39, 0.29) is 0 Å². The minimum absolute atomic E-state index is 0.480. The predicted molar refractivity (Wildman–Crippen MR) is 78.3 cm³/mol. The average molecular weight is 265 g/mol. The van der Waals surface area contributed by atoms with Crippen LogP contribution in [0.2, 0.25) is 0 Å². The van der Waals surface area contributed by atoms with Gasteiger partial charge in [-0.3, -0.25) is 0 Å². The largest absolute Gasteiger partial charge is 0.324 e. The highest BCUT2D eigenvalue weighted by Gasteiger charge is 2.17. The fourth-order valence-corrected chi connectivity index (χ4v) is 2.89. The molecule has 18 heavy (non-hydrogen) atoms. The molecule has 0 N–H and O–H groups in total. The van der Waals surface area contributed by atoms with Gasteiger partial charge in [-0.25, -0.2) is 4.98 Å². The average Bonchev–Trinajstić information content (AvgIpc) is 2.76. The molecule has 0 saturated carbocycles. The summed E-state index contributed by atoms with van der Waals surface area (Å²) >= 11 is 6.07. The summed E-state index contributed by atoms with van der Waals surface area (Å²) in [6.07, 6.45) is 3.49. The third-order valence-corrected chi connectivity index (χ3v) is 3.80. The number of alkyl halides is 1. The lowest BCUT2D eigenvalue weighted by Gasteiger charge is -2.20. The van der Waals surface area contributed by atoms with E-state index in [1.54, 1.807) is 0 Å². The van der Waals surface area contributed by atoms with Gasteiger partial charge in [-0.05, 0) is 31.4 Å². The van der Waals surface area contributed by atoms with Crippen LogP contribution in [-0.2, 0) is 5.88 Å². The number of imidazole rings is 1. The number of fused-ring (bicyclic) bond motifs is 1. The smallest absolute Gasteiger partial charge is 0.125 e. The van der Waals surface area contributed by atoms with Gasteiger partial charge in [-0.15, -0.1) is 11.6 Å². The van der Waals surface area contributed by atoms with Crippen LogP contribution >= 0.6 is 11.6 Å². The highest BCUT2D eigenvalue weighted by Crippen LogP contribution is 2.29. The molecule has 2 nitrogen and oxygen atoms in total. The molecule has 0 saturated heterocycles. The molecule has 0 aliphatic rings. The lowest BCUT2D eigenvalue weighted by atomic mass is 10.1. The molecule has 0 aliphatic heterocycles. The van der Waals surface area contributed by atoms with E-state index in [2.05, 4.69) is 48.5 Å². The minimum atomic E-state index is 0.480. The Morgan fingerprint density at radius 2 is 2.11 bits per heavy atom. The summed E-state index contributed by atoms with van der Waals surface area (Å²) in [5.41, 5.74) is 3.61. The van der Waals surface area contributed by atoms with Crippen LogP contribution in [0.15, 0.2) is 18.2 Å². The van der Waals surface area contributed by atoms with Crippen LogP contribution in [0.3, 0.4) is 0 Å². The second-order valence-electron chi connectivity index (χ2n) is 4.83. The van der Waals surface area contributed by atoms with E-state index in [4.69, 9.17) is 11.6 Å². The molecule has 98 valence electrons. The molecule has 0 bridgehead atoms. The van der Waals surface area contributed by atoms with Gasteiger partial charge in [0.05, 0.1) is 16.9 Å². The normalized spacial score (nSPS) is 13.1. The Morgan fingerprint density at radius 1 is 1.33 bits per heavy atom. The van der Waals surface area contributed by atoms with Crippen LogP contribution in [0.4, 0.5) is 0 Å². The number of rotatable bonds is 5. The number of benzene rings is 1. The number of para-hydroxylation sites is 1. The highest BCUT2D eigenvalue weighted by atomic mass is 35.5. The van der Waals surface area contributed by atoms with E-state index in [9.17, 15) is 0 Å². The monoisotopic (exact) mass is 264 g/mol. The molecule has 0 radical (unpaired) electrons. The van der Waals surface area contributed by atoms with Crippen molar-refractivity contribution in [2.45, 2.75) is 52.0 Å². The molecular formula is C15H21ClN2. The van der Waals surface area contributed by atoms with E-state index in [0.29, 0.717) is 11.9 Å². The van der Waals surface area contributed by atoms with Gasteiger partial charge in [0.25, 0.3) is 0 Å². The quantitative estimate of drug-likeness (QED) is 0.707.